The highest BCUT2D eigenvalue weighted by Crippen LogP contribution is 2.36. The zero-order valence-corrected chi connectivity index (χ0v) is 12.9. The molecule has 7 nitrogen and oxygen atoms in total. The van der Waals surface area contributed by atoms with Crippen LogP contribution in [0.2, 0.25) is 0 Å². The maximum atomic E-state index is 12.3. The molecule has 1 aliphatic heterocycles. The highest BCUT2D eigenvalue weighted by atomic mass is 16.6. The van der Waals surface area contributed by atoms with E-state index in [0.717, 1.165) is 0 Å². The minimum absolute atomic E-state index is 0.0619. The van der Waals surface area contributed by atoms with Crippen LogP contribution in [0.5, 0.6) is 0 Å². The summed E-state index contributed by atoms with van der Waals surface area (Å²) in [6.45, 7) is 6.76. The topological polar surface area (TPSA) is 92.4 Å². The summed E-state index contributed by atoms with van der Waals surface area (Å²) in [6.07, 6.45) is 2.75. The molecule has 0 N–H and O–H groups in total. The van der Waals surface area contributed by atoms with Gasteiger partial charge in [-0.25, -0.2) is 0 Å². The molecule has 0 spiro atoms. The van der Waals surface area contributed by atoms with Crippen molar-refractivity contribution < 1.29 is 14.9 Å². The van der Waals surface area contributed by atoms with Gasteiger partial charge in [-0.1, -0.05) is 17.2 Å². The van der Waals surface area contributed by atoms with Crippen LogP contribution in [0.15, 0.2) is 30.3 Å². The van der Waals surface area contributed by atoms with Gasteiger partial charge >= 0.3 is 5.84 Å². The molecule has 1 radical (unpaired) electrons. The largest absolute Gasteiger partial charge is 0.714 e. The fourth-order valence-corrected chi connectivity index (χ4v) is 2.25. The summed E-state index contributed by atoms with van der Waals surface area (Å²) in [6, 6.07) is 6.15. The van der Waals surface area contributed by atoms with Crippen molar-refractivity contribution in [2.24, 2.45) is 0 Å². The van der Waals surface area contributed by atoms with E-state index in [-0.39, 0.29) is 11.5 Å². The van der Waals surface area contributed by atoms with Crippen LogP contribution in [-0.2, 0) is 5.21 Å². The molecule has 0 saturated carbocycles. The van der Waals surface area contributed by atoms with Crippen molar-refractivity contribution in [2.75, 3.05) is 0 Å². The molecule has 0 fully saturated rings. The fraction of sp³-hybridized carbons (Fsp3) is 0.400. The number of benzene rings is 1. The van der Waals surface area contributed by atoms with Gasteiger partial charge in [-0.2, -0.15) is 0 Å². The van der Waals surface area contributed by atoms with Crippen LogP contribution in [0.25, 0.3) is 6.08 Å². The Hall–Kier alpha value is -2.41. The number of nitrogens with zero attached hydrogens (tertiary/aromatic N) is 3. The molecule has 22 heavy (non-hydrogen) atoms. The van der Waals surface area contributed by atoms with E-state index in [9.17, 15) is 20.5 Å². The summed E-state index contributed by atoms with van der Waals surface area (Å²) in [5, 5.41) is 36.3. The Bertz CT molecular complexity index is 677. The second-order valence-corrected chi connectivity index (χ2v) is 6.21. The third-order valence-corrected chi connectivity index (χ3v) is 4.47. The van der Waals surface area contributed by atoms with Crippen molar-refractivity contribution in [1.29, 1.82) is 0 Å². The average molecular weight is 304 g/mol. The van der Waals surface area contributed by atoms with Gasteiger partial charge in [-0.15, -0.1) is 0 Å². The molecule has 1 aromatic carbocycles. The first-order valence-electron chi connectivity index (χ1n) is 6.84. The van der Waals surface area contributed by atoms with Crippen molar-refractivity contribution in [3.05, 3.63) is 51.2 Å². The molecule has 0 amide bonds. The average Bonchev–Trinajstić information content (AvgIpc) is 2.56. The molecular formula is C15H18N3O4. The number of amidine groups is 1. The predicted molar refractivity (Wildman–Crippen MR) is 81.4 cm³/mol. The molecule has 1 aromatic rings. The Kier molecular flexibility index (Phi) is 3.70. The van der Waals surface area contributed by atoms with E-state index in [1.165, 1.54) is 18.2 Å². The first-order chi connectivity index (χ1) is 10.1. The molecule has 0 atom stereocenters. The van der Waals surface area contributed by atoms with Crippen molar-refractivity contribution in [2.45, 2.75) is 38.8 Å². The van der Waals surface area contributed by atoms with Gasteiger partial charge in [0.2, 0.25) is 0 Å². The molecule has 2 rings (SSSR count). The molecule has 0 unspecified atom stereocenters. The van der Waals surface area contributed by atoms with Crippen LogP contribution in [0.3, 0.4) is 0 Å². The second kappa shape index (κ2) is 5.10. The summed E-state index contributed by atoms with van der Waals surface area (Å²) >= 11 is 0. The maximum Gasteiger partial charge on any atom is 0.309 e. The van der Waals surface area contributed by atoms with Crippen molar-refractivity contribution in [3.63, 3.8) is 0 Å². The van der Waals surface area contributed by atoms with Crippen molar-refractivity contribution in [1.82, 2.24) is 5.06 Å². The standard InChI is InChI=1S/C15H18N3O4/c1-14(2)15(3,4)17(20)13(16(14)19)10-9-11-7-5-6-8-12(11)18(21)22/h5-10H,1-4H3/b10-9+. The van der Waals surface area contributed by atoms with Crippen LogP contribution in [0.1, 0.15) is 33.3 Å². The predicted octanol–water partition coefficient (Wildman–Crippen LogP) is 2.74. The lowest BCUT2D eigenvalue weighted by Crippen LogP contribution is -2.53. The molecule has 1 aliphatic rings. The van der Waals surface area contributed by atoms with E-state index in [1.807, 2.05) is 0 Å². The number of para-hydroxylation sites is 1. The smallest absolute Gasteiger partial charge is 0.309 e. The lowest BCUT2D eigenvalue weighted by molar-refractivity contribution is -0.539. The molecule has 0 aliphatic carbocycles. The Labute approximate surface area is 128 Å². The Morgan fingerprint density at radius 2 is 1.77 bits per heavy atom. The normalized spacial score (nSPS) is 20.0. The Balaban J connectivity index is 2.44. The monoisotopic (exact) mass is 304 g/mol. The summed E-state index contributed by atoms with van der Waals surface area (Å²) in [7, 11) is 0. The van der Waals surface area contributed by atoms with Gasteiger partial charge in [0, 0.05) is 17.3 Å². The third kappa shape index (κ3) is 2.23. The first kappa shape index (κ1) is 16.0. The molecule has 0 bridgehead atoms. The molecule has 1 heterocycles. The van der Waals surface area contributed by atoms with Crippen molar-refractivity contribution in [3.8, 4) is 0 Å². The quantitative estimate of drug-likeness (QED) is 0.371. The van der Waals surface area contributed by atoms with Gasteiger partial charge in [0.15, 0.2) is 5.54 Å². The van der Waals surface area contributed by atoms with Gasteiger partial charge in [-0.05, 0) is 39.8 Å². The SMILES string of the molecule is CC1(C)N([O])C(/C=C/c2ccccc2[N+](=O)[O-])=[N+]([O-])C1(C)C. The maximum absolute atomic E-state index is 12.3. The first-order valence-corrected chi connectivity index (χ1v) is 6.84. The third-order valence-electron chi connectivity index (χ3n) is 4.47. The number of rotatable bonds is 3. The second-order valence-electron chi connectivity index (χ2n) is 6.21. The van der Waals surface area contributed by atoms with E-state index in [0.29, 0.717) is 15.4 Å². The lowest BCUT2D eigenvalue weighted by atomic mass is 9.84. The summed E-state index contributed by atoms with van der Waals surface area (Å²) in [5.41, 5.74) is -1.55. The van der Waals surface area contributed by atoms with Gasteiger partial charge < -0.3 is 5.21 Å². The van der Waals surface area contributed by atoms with E-state index < -0.39 is 16.0 Å². The van der Waals surface area contributed by atoms with Crippen LogP contribution in [-0.4, -0.2) is 31.6 Å². The highest BCUT2D eigenvalue weighted by molar-refractivity contribution is 5.94. The number of hydrogen-bond donors (Lipinski definition) is 0. The van der Waals surface area contributed by atoms with E-state index in [2.05, 4.69) is 0 Å². The molecule has 7 heteroatoms. The number of hydrogen-bond acceptors (Lipinski definition) is 4. The molecular weight excluding hydrogens is 286 g/mol. The molecule has 0 saturated heterocycles. The summed E-state index contributed by atoms with van der Waals surface area (Å²) in [5.74, 6) is -0.0619. The molecule has 117 valence electrons. The van der Waals surface area contributed by atoms with Gasteiger partial charge in [0.05, 0.1) is 10.5 Å². The van der Waals surface area contributed by atoms with E-state index in [1.54, 1.807) is 45.9 Å². The zero-order chi connectivity index (χ0) is 16.7. The van der Waals surface area contributed by atoms with E-state index in [4.69, 9.17) is 0 Å². The summed E-state index contributed by atoms with van der Waals surface area (Å²) in [4.78, 5) is 10.5. The van der Waals surface area contributed by atoms with Crippen LogP contribution < -0.4 is 0 Å². The fourth-order valence-electron chi connectivity index (χ4n) is 2.25. The van der Waals surface area contributed by atoms with Crippen LogP contribution in [0.4, 0.5) is 5.69 Å². The minimum atomic E-state index is -0.906. The van der Waals surface area contributed by atoms with Gasteiger partial charge in [0.1, 0.15) is 5.54 Å². The number of nitro groups is 1. The minimum Gasteiger partial charge on any atom is -0.714 e. The van der Waals surface area contributed by atoms with E-state index >= 15 is 0 Å². The van der Waals surface area contributed by atoms with Crippen LogP contribution in [0, 0.1) is 15.3 Å². The summed E-state index contributed by atoms with van der Waals surface area (Å²) < 4.78 is 0.658. The van der Waals surface area contributed by atoms with Gasteiger partial charge in [0.25, 0.3) is 5.69 Å². The Morgan fingerprint density at radius 3 is 2.27 bits per heavy atom. The Morgan fingerprint density at radius 1 is 1.18 bits per heavy atom. The van der Waals surface area contributed by atoms with Crippen LogP contribution >= 0.6 is 0 Å². The molecule has 0 aromatic heterocycles. The highest BCUT2D eigenvalue weighted by Gasteiger charge is 2.58. The lowest BCUT2D eigenvalue weighted by Gasteiger charge is -2.32. The zero-order valence-electron chi connectivity index (χ0n) is 12.9. The number of nitro benzene ring substituents is 1. The van der Waals surface area contributed by atoms with Crippen molar-refractivity contribution >= 4 is 17.6 Å². The number of hydroxylamine groups is 3. The van der Waals surface area contributed by atoms with Gasteiger partial charge in [-0.3, -0.25) is 14.9 Å².